The van der Waals surface area contributed by atoms with Crippen LogP contribution in [0, 0.1) is 5.92 Å². The first-order valence-corrected chi connectivity index (χ1v) is 9.73. The summed E-state index contributed by atoms with van der Waals surface area (Å²) in [6.45, 7) is 6.57. The number of guanidine groups is 1. The number of ether oxygens (including phenoxy) is 1. The van der Waals surface area contributed by atoms with Crippen molar-refractivity contribution in [2.24, 2.45) is 16.6 Å². The lowest BCUT2D eigenvalue weighted by atomic mass is 9.81. The predicted molar refractivity (Wildman–Crippen MR) is 96.3 cm³/mol. The second-order valence-corrected chi connectivity index (χ2v) is 9.69. The third kappa shape index (κ3) is 4.35. The number of rotatable bonds is 1. The molecule has 0 spiro atoms. The minimum absolute atomic E-state index is 0.140. The highest BCUT2D eigenvalue weighted by molar-refractivity contribution is 7.89. The van der Waals surface area contributed by atoms with E-state index in [9.17, 15) is 17.6 Å². The smallest absolute Gasteiger partial charge is 0.414 e. The molecule has 0 aromatic carbocycles. The summed E-state index contributed by atoms with van der Waals surface area (Å²) in [5.74, 6) is -1.96. The van der Waals surface area contributed by atoms with Gasteiger partial charge < -0.3 is 10.5 Å². The average Bonchev–Trinajstić information content (AvgIpc) is 2.44. The summed E-state index contributed by atoms with van der Waals surface area (Å²) in [5.41, 5.74) is 4.13. The molecule has 0 aromatic heterocycles. The molecule has 0 saturated carbocycles. The molecule has 2 aliphatic rings. The van der Waals surface area contributed by atoms with Crippen molar-refractivity contribution in [3.8, 4) is 0 Å². The van der Waals surface area contributed by atoms with Gasteiger partial charge in [-0.1, -0.05) is 0 Å². The fourth-order valence-corrected chi connectivity index (χ4v) is 4.39. The van der Waals surface area contributed by atoms with Crippen molar-refractivity contribution in [3.63, 3.8) is 0 Å². The minimum Gasteiger partial charge on any atom is -0.444 e. The van der Waals surface area contributed by atoms with Gasteiger partial charge in [-0.2, -0.15) is 0 Å². The van der Waals surface area contributed by atoms with E-state index in [1.54, 1.807) is 20.8 Å². The Morgan fingerprint density at radius 2 is 2.08 bits per heavy atom. The number of halogens is 1. The molecule has 146 valence electrons. The summed E-state index contributed by atoms with van der Waals surface area (Å²) in [6.07, 6.45) is 1.96. The number of alkyl carbamates (subject to hydrolysis) is 1. The van der Waals surface area contributed by atoms with Gasteiger partial charge in [-0.15, -0.1) is 0 Å². The van der Waals surface area contributed by atoms with E-state index in [0.29, 0.717) is 5.70 Å². The molecule has 0 fully saturated rings. The molecule has 3 N–H and O–H groups in total. The van der Waals surface area contributed by atoms with Gasteiger partial charge in [0.1, 0.15) is 11.4 Å². The molecule has 0 bridgehead atoms. The van der Waals surface area contributed by atoms with E-state index < -0.39 is 44.8 Å². The van der Waals surface area contributed by atoms with Crippen LogP contribution in [0.4, 0.5) is 9.18 Å². The Morgan fingerprint density at radius 1 is 1.46 bits per heavy atom. The Labute approximate surface area is 153 Å². The number of aliphatic imine (C=N–C) groups is 1. The normalized spacial score (nSPS) is 28.6. The topological polar surface area (TPSA) is 114 Å². The van der Waals surface area contributed by atoms with Gasteiger partial charge in [0.05, 0.1) is 11.3 Å². The number of amides is 1. The molecule has 0 radical (unpaired) electrons. The lowest BCUT2D eigenvalue weighted by molar-refractivity contribution is 0.0559. The summed E-state index contributed by atoms with van der Waals surface area (Å²) < 4.78 is 45.5. The van der Waals surface area contributed by atoms with Crippen LogP contribution >= 0.6 is 0 Å². The highest BCUT2D eigenvalue weighted by Gasteiger charge is 2.47. The lowest BCUT2D eigenvalue weighted by Gasteiger charge is -2.40. The van der Waals surface area contributed by atoms with Gasteiger partial charge in [0.2, 0.25) is 16.0 Å². The number of allylic oxidation sites excluding steroid dienone is 3. The summed E-state index contributed by atoms with van der Waals surface area (Å²) in [5, 5.41) is 2.35. The Kier molecular flexibility index (Phi) is 5.10. The van der Waals surface area contributed by atoms with Crippen LogP contribution in [-0.4, -0.2) is 48.7 Å². The molecule has 1 aliphatic carbocycles. The lowest BCUT2D eigenvalue weighted by Crippen LogP contribution is -2.57. The standard InChI is InChI=1S/C16H25FN4O4S/c1-15(2,3)25-14(22)19-13-20-16(4,9-26(23,24)21(13)5)11-8-10(18)6-7-12(11)17/h6-7,11H,8-9,18H2,1-5H3,(H,19,20,22)/t11?,16-/m0/s1. The number of hydrogen-bond acceptors (Lipinski definition) is 6. The van der Waals surface area contributed by atoms with Crippen molar-refractivity contribution in [1.82, 2.24) is 9.62 Å². The van der Waals surface area contributed by atoms with Crippen LogP contribution < -0.4 is 11.1 Å². The maximum absolute atomic E-state index is 14.4. The fourth-order valence-electron chi connectivity index (χ4n) is 2.84. The van der Waals surface area contributed by atoms with Crippen molar-refractivity contribution in [3.05, 3.63) is 23.7 Å². The maximum Gasteiger partial charge on any atom is 0.414 e. The van der Waals surface area contributed by atoms with Crippen molar-refractivity contribution >= 4 is 22.1 Å². The first-order valence-electron chi connectivity index (χ1n) is 8.12. The van der Waals surface area contributed by atoms with Gasteiger partial charge in [-0.3, -0.25) is 5.32 Å². The number of carbonyl (C=O) groups is 1. The summed E-state index contributed by atoms with van der Waals surface area (Å²) in [6, 6.07) is 0. The molecule has 26 heavy (non-hydrogen) atoms. The van der Waals surface area contributed by atoms with Crippen LogP contribution in [0.2, 0.25) is 0 Å². The van der Waals surface area contributed by atoms with E-state index in [0.717, 1.165) is 4.31 Å². The Morgan fingerprint density at radius 3 is 2.65 bits per heavy atom. The van der Waals surface area contributed by atoms with Crippen molar-refractivity contribution in [1.29, 1.82) is 0 Å². The molecular formula is C16H25FN4O4S. The number of nitrogens with two attached hydrogens (primary N) is 1. The van der Waals surface area contributed by atoms with E-state index in [1.807, 2.05) is 0 Å². The number of hydrogen-bond donors (Lipinski definition) is 2. The van der Waals surface area contributed by atoms with E-state index in [4.69, 9.17) is 10.5 Å². The highest BCUT2D eigenvalue weighted by atomic mass is 32.2. The van der Waals surface area contributed by atoms with Crippen LogP contribution in [0.5, 0.6) is 0 Å². The summed E-state index contributed by atoms with van der Waals surface area (Å²) in [7, 11) is -2.55. The molecule has 1 heterocycles. The van der Waals surface area contributed by atoms with Crippen molar-refractivity contribution in [2.75, 3.05) is 12.8 Å². The Balaban J connectivity index is 2.38. The highest BCUT2D eigenvalue weighted by Crippen LogP contribution is 2.39. The van der Waals surface area contributed by atoms with Gasteiger partial charge in [0.25, 0.3) is 0 Å². The number of carbonyl (C=O) groups excluding carboxylic acids is 1. The average molecular weight is 388 g/mol. The minimum atomic E-state index is -3.82. The quantitative estimate of drug-likeness (QED) is 0.708. The van der Waals surface area contributed by atoms with E-state index in [-0.39, 0.29) is 12.4 Å². The Bertz CT molecular complexity index is 798. The molecule has 1 aliphatic heterocycles. The zero-order valence-corrected chi connectivity index (χ0v) is 16.4. The monoisotopic (exact) mass is 388 g/mol. The molecule has 10 heteroatoms. The van der Waals surface area contributed by atoms with Gasteiger partial charge in [0, 0.05) is 18.7 Å². The van der Waals surface area contributed by atoms with Crippen LogP contribution in [0.25, 0.3) is 0 Å². The van der Waals surface area contributed by atoms with Gasteiger partial charge in [0.15, 0.2) is 0 Å². The number of nitrogens with one attached hydrogen (secondary N) is 1. The molecule has 0 saturated heterocycles. The van der Waals surface area contributed by atoms with Crippen LogP contribution in [0.15, 0.2) is 28.7 Å². The molecule has 1 amide bonds. The van der Waals surface area contributed by atoms with Crippen LogP contribution in [0.3, 0.4) is 0 Å². The van der Waals surface area contributed by atoms with E-state index in [2.05, 4.69) is 10.3 Å². The third-order valence-corrected chi connectivity index (χ3v) is 6.10. The number of nitrogens with zero attached hydrogens (tertiary/aromatic N) is 2. The van der Waals surface area contributed by atoms with E-state index in [1.165, 1.54) is 26.1 Å². The maximum atomic E-state index is 14.4. The zero-order valence-electron chi connectivity index (χ0n) is 15.5. The molecule has 8 nitrogen and oxygen atoms in total. The largest absolute Gasteiger partial charge is 0.444 e. The number of sulfonamides is 1. The van der Waals surface area contributed by atoms with Crippen LogP contribution in [0.1, 0.15) is 34.1 Å². The van der Waals surface area contributed by atoms with Gasteiger partial charge in [-0.05, 0) is 46.3 Å². The Hall–Kier alpha value is -2.10. The SMILES string of the molecule is CN1C(NC(=O)OC(C)(C)C)=N[C@](C)(C2CC(N)=CC=C2F)CS1(=O)=O. The second-order valence-electron chi connectivity index (χ2n) is 7.69. The fraction of sp³-hybridized carbons (Fsp3) is 0.625. The predicted octanol–water partition coefficient (Wildman–Crippen LogP) is 1.62. The van der Waals surface area contributed by atoms with Crippen molar-refractivity contribution in [2.45, 2.75) is 45.3 Å². The third-order valence-electron chi connectivity index (χ3n) is 4.14. The summed E-state index contributed by atoms with van der Waals surface area (Å²) in [4.78, 5) is 16.4. The van der Waals surface area contributed by atoms with Gasteiger partial charge >= 0.3 is 6.09 Å². The van der Waals surface area contributed by atoms with Gasteiger partial charge in [-0.25, -0.2) is 26.9 Å². The molecule has 2 atom stereocenters. The molecule has 1 unspecified atom stereocenters. The summed E-state index contributed by atoms with van der Waals surface area (Å²) >= 11 is 0. The van der Waals surface area contributed by atoms with Crippen molar-refractivity contribution < 1.29 is 22.3 Å². The molecule has 2 rings (SSSR count). The van der Waals surface area contributed by atoms with Crippen LogP contribution in [-0.2, 0) is 14.8 Å². The first kappa shape index (κ1) is 20.2. The first-order chi connectivity index (χ1) is 11.7. The molecule has 0 aromatic rings. The second kappa shape index (κ2) is 6.57. The zero-order chi connectivity index (χ0) is 19.9. The molecular weight excluding hydrogens is 363 g/mol. The van der Waals surface area contributed by atoms with E-state index >= 15 is 0 Å².